The van der Waals surface area contributed by atoms with Gasteiger partial charge in [-0.1, -0.05) is 24.3 Å². The molecule has 0 fully saturated rings. The fourth-order valence-corrected chi connectivity index (χ4v) is 1.70. The van der Waals surface area contributed by atoms with Crippen LogP contribution in [0.4, 0.5) is 8.78 Å². The molecule has 0 aliphatic carbocycles. The Morgan fingerprint density at radius 2 is 2.15 bits per heavy atom. The molecule has 0 heterocycles. The van der Waals surface area contributed by atoms with Gasteiger partial charge in [0.1, 0.15) is 5.75 Å². The second-order valence-electron chi connectivity index (χ2n) is 4.13. The minimum Gasteiger partial charge on any atom is -0.434 e. The van der Waals surface area contributed by atoms with Crippen molar-refractivity contribution in [3.63, 3.8) is 0 Å². The molecule has 0 spiro atoms. The number of hydrogen-bond acceptors (Lipinski definition) is 3. The zero-order valence-corrected chi connectivity index (χ0v) is 11.2. The number of amides is 1. The quantitative estimate of drug-likeness (QED) is 0.568. The first kappa shape index (κ1) is 16.1. The lowest BCUT2D eigenvalue weighted by Gasteiger charge is -2.18. The van der Waals surface area contributed by atoms with Crippen LogP contribution in [0, 0.1) is 0 Å². The van der Waals surface area contributed by atoms with Gasteiger partial charge in [0.25, 0.3) is 0 Å². The summed E-state index contributed by atoms with van der Waals surface area (Å²) >= 11 is 0. The van der Waals surface area contributed by atoms with E-state index in [2.05, 4.69) is 21.9 Å². The van der Waals surface area contributed by atoms with Crippen LogP contribution in [0.2, 0.25) is 0 Å². The van der Waals surface area contributed by atoms with E-state index in [1.165, 1.54) is 6.07 Å². The molecule has 1 atom stereocenters. The Morgan fingerprint density at radius 1 is 1.45 bits per heavy atom. The number of alkyl halides is 2. The Bertz CT molecular complexity index is 453. The molecule has 1 aromatic rings. The molecule has 6 heteroatoms. The molecule has 0 radical (unpaired) electrons. The molecule has 1 rings (SSSR count). The average molecular weight is 284 g/mol. The summed E-state index contributed by atoms with van der Waals surface area (Å²) in [6, 6.07) is 5.95. The van der Waals surface area contributed by atoms with Gasteiger partial charge in [-0.25, -0.2) is 0 Å². The van der Waals surface area contributed by atoms with Crippen molar-refractivity contribution >= 4 is 5.91 Å². The molecular weight excluding hydrogens is 266 g/mol. The van der Waals surface area contributed by atoms with Gasteiger partial charge in [0.15, 0.2) is 0 Å². The maximum absolute atomic E-state index is 12.3. The number of hydrogen-bond donors (Lipinski definition) is 2. The summed E-state index contributed by atoms with van der Waals surface area (Å²) in [5, 5.41) is 5.57. The van der Waals surface area contributed by atoms with Crippen molar-refractivity contribution in [3.05, 3.63) is 42.5 Å². The van der Waals surface area contributed by atoms with Gasteiger partial charge in [-0.2, -0.15) is 8.78 Å². The Kier molecular flexibility index (Phi) is 6.66. The lowest BCUT2D eigenvalue weighted by Crippen LogP contribution is -2.35. The van der Waals surface area contributed by atoms with Crippen LogP contribution in [0.25, 0.3) is 0 Å². The van der Waals surface area contributed by atoms with Crippen molar-refractivity contribution in [2.24, 2.45) is 0 Å². The monoisotopic (exact) mass is 284 g/mol. The first-order valence-electron chi connectivity index (χ1n) is 6.19. The lowest BCUT2D eigenvalue weighted by molar-refractivity contribution is -0.120. The number of carbonyl (C=O) groups excluding carboxylic acids is 1. The Balaban J connectivity index is 2.64. The molecule has 0 bridgehead atoms. The summed E-state index contributed by atoms with van der Waals surface area (Å²) in [6.45, 7) is 2.99. The summed E-state index contributed by atoms with van der Waals surface area (Å²) < 4.78 is 29.0. The molecule has 1 amide bonds. The predicted octanol–water partition coefficient (Wildman–Crippen LogP) is 2.24. The first-order valence-corrected chi connectivity index (χ1v) is 6.19. The van der Waals surface area contributed by atoms with E-state index in [9.17, 15) is 13.6 Å². The number of ether oxygens (including phenoxy) is 1. The van der Waals surface area contributed by atoms with Crippen LogP contribution in [-0.2, 0) is 4.79 Å². The lowest BCUT2D eigenvalue weighted by atomic mass is 10.1. The Morgan fingerprint density at radius 3 is 2.80 bits per heavy atom. The molecule has 0 aromatic heterocycles. The Hall–Kier alpha value is -1.95. The highest BCUT2D eigenvalue weighted by atomic mass is 19.3. The van der Waals surface area contributed by atoms with Crippen LogP contribution < -0.4 is 15.4 Å². The summed E-state index contributed by atoms with van der Waals surface area (Å²) in [4.78, 5) is 11.6. The molecule has 20 heavy (non-hydrogen) atoms. The minimum absolute atomic E-state index is 0.0642. The largest absolute Gasteiger partial charge is 0.434 e. The average Bonchev–Trinajstić information content (AvgIpc) is 2.38. The third-order valence-electron chi connectivity index (χ3n) is 2.55. The third kappa shape index (κ3) is 5.36. The fraction of sp³-hybridized carbons (Fsp3) is 0.357. The van der Waals surface area contributed by atoms with Crippen LogP contribution in [0.5, 0.6) is 5.75 Å². The van der Waals surface area contributed by atoms with Gasteiger partial charge in [0.05, 0.1) is 12.6 Å². The summed E-state index contributed by atoms with van der Waals surface area (Å²) in [5.41, 5.74) is 0.505. The van der Waals surface area contributed by atoms with Crippen LogP contribution in [0.15, 0.2) is 36.9 Å². The van der Waals surface area contributed by atoms with E-state index in [1.807, 2.05) is 0 Å². The SMILES string of the molecule is C=CCNCC(=O)NC(C)c1ccccc1OC(F)F. The van der Waals surface area contributed by atoms with Gasteiger partial charge < -0.3 is 15.4 Å². The number of carbonyl (C=O) groups is 1. The van der Waals surface area contributed by atoms with E-state index >= 15 is 0 Å². The first-order chi connectivity index (χ1) is 9.54. The van der Waals surface area contributed by atoms with E-state index in [4.69, 9.17) is 0 Å². The maximum Gasteiger partial charge on any atom is 0.387 e. The van der Waals surface area contributed by atoms with Gasteiger partial charge in [-0.05, 0) is 13.0 Å². The van der Waals surface area contributed by atoms with Crippen LogP contribution in [0.3, 0.4) is 0 Å². The molecule has 1 aromatic carbocycles. The van der Waals surface area contributed by atoms with Crippen LogP contribution in [-0.4, -0.2) is 25.6 Å². The molecule has 0 aliphatic heterocycles. The molecule has 1 unspecified atom stereocenters. The normalized spacial score (nSPS) is 12.0. The summed E-state index contributed by atoms with van der Waals surface area (Å²) in [7, 11) is 0. The molecular formula is C14H18F2N2O2. The second kappa shape index (κ2) is 8.27. The van der Waals surface area contributed by atoms with Gasteiger partial charge >= 0.3 is 6.61 Å². The van der Waals surface area contributed by atoms with E-state index < -0.39 is 12.7 Å². The fourth-order valence-electron chi connectivity index (χ4n) is 1.70. The summed E-state index contributed by atoms with van der Waals surface area (Å²) in [5.74, 6) is -0.166. The maximum atomic E-state index is 12.3. The highest BCUT2D eigenvalue weighted by molar-refractivity contribution is 5.78. The molecule has 4 nitrogen and oxygen atoms in total. The molecule has 0 aliphatic rings. The molecule has 110 valence electrons. The van der Waals surface area contributed by atoms with Crippen molar-refractivity contribution < 1.29 is 18.3 Å². The molecule has 0 saturated heterocycles. The number of nitrogens with one attached hydrogen (secondary N) is 2. The van der Waals surface area contributed by atoms with Crippen molar-refractivity contribution in [1.82, 2.24) is 10.6 Å². The topological polar surface area (TPSA) is 50.4 Å². The number of benzene rings is 1. The zero-order chi connectivity index (χ0) is 15.0. The third-order valence-corrected chi connectivity index (χ3v) is 2.55. The minimum atomic E-state index is -2.90. The van der Waals surface area contributed by atoms with E-state index in [-0.39, 0.29) is 18.2 Å². The van der Waals surface area contributed by atoms with Crippen LogP contribution in [0.1, 0.15) is 18.5 Å². The van der Waals surface area contributed by atoms with Gasteiger partial charge in [-0.3, -0.25) is 4.79 Å². The smallest absolute Gasteiger partial charge is 0.387 e. The Labute approximate surface area is 116 Å². The highest BCUT2D eigenvalue weighted by Gasteiger charge is 2.15. The van der Waals surface area contributed by atoms with Crippen molar-refractivity contribution in [1.29, 1.82) is 0 Å². The van der Waals surface area contributed by atoms with Crippen molar-refractivity contribution in [2.75, 3.05) is 13.1 Å². The highest BCUT2D eigenvalue weighted by Crippen LogP contribution is 2.26. The summed E-state index contributed by atoms with van der Waals surface area (Å²) in [6.07, 6.45) is 1.64. The predicted molar refractivity (Wildman–Crippen MR) is 72.7 cm³/mol. The standard InChI is InChI=1S/C14H18F2N2O2/c1-3-8-17-9-13(19)18-10(2)11-6-4-5-7-12(11)20-14(15)16/h3-7,10,14,17H,1,8-9H2,2H3,(H,18,19). The van der Waals surface area contributed by atoms with Gasteiger partial charge in [0.2, 0.25) is 5.91 Å². The van der Waals surface area contributed by atoms with Gasteiger partial charge in [-0.15, -0.1) is 6.58 Å². The zero-order valence-electron chi connectivity index (χ0n) is 11.2. The van der Waals surface area contributed by atoms with E-state index in [0.29, 0.717) is 12.1 Å². The number of halogens is 2. The van der Waals surface area contributed by atoms with Crippen molar-refractivity contribution in [2.45, 2.75) is 19.6 Å². The number of rotatable bonds is 8. The van der Waals surface area contributed by atoms with Crippen LogP contribution >= 0.6 is 0 Å². The van der Waals surface area contributed by atoms with E-state index in [1.54, 1.807) is 31.2 Å². The second-order valence-corrected chi connectivity index (χ2v) is 4.13. The molecule has 0 saturated carbocycles. The van der Waals surface area contributed by atoms with E-state index in [0.717, 1.165) is 0 Å². The number of para-hydroxylation sites is 1. The van der Waals surface area contributed by atoms with Gasteiger partial charge in [0, 0.05) is 12.1 Å². The molecule has 2 N–H and O–H groups in total. The van der Waals surface area contributed by atoms with Crippen molar-refractivity contribution in [3.8, 4) is 5.75 Å².